The minimum Gasteiger partial charge on any atom is -0.445 e. The molecule has 0 unspecified atom stereocenters. The van der Waals surface area contributed by atoms with E-state index in [-0.39, 0.29) is 58.0 Å². The summed E-state index contributed by atoms with van der Waals surface area (Å²) >= 11 is 0. The van der Waals surface area contributed by atoms with Crippen LogP contribution in [0.15, 0.2) is 18.2 Å². The second-order valence-corrected chi connectivity index (χ2v) is 4.29. The van der Waals surface area contributed by atoms with Gasteiger partial charge in [-0.1, -0.05) is 18.2 Å². The number of ether oxygens (including phenoxy) is 1. The Hall–Kier alpha value is 0.671. The Morgan fingerprint density at radius 3 is 2.44 bits per heavy atom. The molecule has 0 aliphatic carbocycles. The van der Waals surface area contributed by atoms with E-state index in [1.54, 1.807) is 0 Å². The Morgan fingerprint density at radius 1 is 1.25 bits per heavy atom. The van der Waals surface area contributed by atoms with Gasteiger partial charge in [0.1, 0.15) is 0 Å². The van der Waals surface area contributed by atoms with E-state index in [1.165, 1.54) is 12.1 Å². The molecule has 1 aromatic carbocycles. The normalized spacial score (nSPS) is 17.8. The van der Waals surface area contributed by atoms with Crippen molar-refractivity contribution < 1.29 is 69.1 Å². The van der Waals surface area contributed by atoms with Crippen molar-refractivity contribution in [1.29, 1.82) is 0 Å². The molecule has 0 spiro atoms. The zero-order valence-electron chi connectivity index (χ0n) is 9.56. The maximum absolute atomic E-state index is 12.5. The van der Waals surface area contributed by atoms with Crippen LogP contribution in [0.3, 0.4) is 0 Å². The van der Waals surface area contributed by atoms with Gasteiger partial charge < -0.3 is 17.7 Å². The third-order valence-electron chi connectivity index (χ3n) is 2.74. The van der Waals surface area contributed by atoms with Gasteiger partial charge in [0.2, 0.25) is 0 Å². The monoisotopic (exact) mass is 254 g/mol. The predicted molar refractivity (Wildman–Crippen MR) is 53.0 cm³/mol. The SMILES string of the molecule is CC1(C)OCc2cc([B-](F)(F)F)ccc21.[K+]. The first kappa shape index (κ1) is 14.7. The summed E-state index contributed by atoms with van der Waals surface area (Å²) in [5.41, 5.74) is 0.491. The number of rotatable bonds is 1. The minimum absolute atomic E-state index is 0. The first-order chi connectivity index (χ1) is 6.81. The molecule has 6 heteroatoms. The Kier molecular flexibility index (Phi) is 4.37. The van der Waals surface area contributed by atoms with Gasteiger partial charge >= 0.3 is 58.4 Å². The Bertz CT molecular complexity index is 404. The predicted octanol–water partition coefficient (Wildman–Crippen LogP) is -0.490. The molecule has 0 saturated carbocycles. The molecule has 2 rings (SSSR count). The Labute approximate surface area is 135 Å². The van der Waals surface area contributed by atoms with E-state index in [0.717, 1.165) is 11.6 Å². The van der Waals surface area contributed by atoms with E-state index >= 15 is 0 Å². The first-order valence-corrected chi connectivity index (χ1v) is 4.78. The van der Waals surface area contributed by atoms with Crippen LogP contribution in [0, 0.1) is 0 Å². The summed E-state index contributed by atoms with van der Waals surface area (Å²) in [6.45, 7) is -0.924. The zero-order valence-corrected chi connectivity index (χ0v) is 12.7. The maximum atomic E-state index is 12.5. The Morgan fingerprint density at radius 2 is 1.88 bits per heavy atom. The van der Waals surface area contributed by atoms with Crippen LogP contribution in [0.5, 0.6) is 0 Å². The van der Waals surface area contributed by atoms with Gasteiger partial charge in [0.05, 0.1) is 12.2 Å². The fraction of sp³-hybridized carbons (Fsp3) is 0.400. The summed E-state index contributed by atoms with van der Waals surface area (Å²) < 4.78 is 42.8. The quantitative estimate of drug-likeness (QED) is 0.614. The molecule has 0 N–H and O–H groups in total. The van der Waals surface area contributed by atoms with E-state index in [1.807, 2.05) is 13.8 Å². The molecule has 0 radical (unpaired) electrons. The van der Waals surface area contributed by atoms with Crippen molar-refractivity contribution in [1.82, 2.24) is 0 Å². The summed E-state index contributed by atoms with van der Waals surface area (Å²) in [6, 6.07) is 3.85. The van der Waals surface area contributed by atoms with Gasteiger partial charge in [-0.15, -0.1) is 5.46 Å². The van der Waals surface area contributed by atoms with Crippen LogP contribution < -0.4 is 56.8 Å². The van der Waals surface area contributed by atoms with E-state index < -0.39 is 18.0 Å². The molecule has 0 saturated heterocycles. The van der Waals surface area contributed by atoms with Crippen LogP contribution >= 0.6 is 0 Å². The average Bonchev–Trinajstić information content (AvgIpc) is 2.41. The van der Waals surface area contributed by atoms with Crippen molar-refractivity contribution in [2.75, 3.05) is 0 Å². The molecule has 1 aromatic rings. The standard InChI is InChI=1S/C10H11BF3O.K/c1-10(2)9-4-3-8(11(12,13)14)5-7(9)6-15-10;/h3-5H,6H2,1-2H3;/q-1;+1. The van der Waals surface area contributed by atoms with Crippen LogP contribution in [-0.2, 0) is 16.9 Å². The molecule has 0 amide bonds. The van der Waals surface area contributed by atoms with Crippen molar-refractivity contribution in [2.24, 2.45) is 0 Å². The van der Waals surface area contributed by atoms with Crippen molar-refractivity contribution in [3.63, 3.8) is 0 Å². The summed E-state index contributed by atoms with van der Waals surface area (Å²) in [4.78, 5) is 0. The van der Waals surface area contributed by atoms with E-state index in [9.17, 15) is 12.9 Å². The molecule has 16 heavy (non-hydrogen) atoms. The summed E-state index contributed by atoms with van der Waals surface area (Å²) in [7, 11) is 0. The second-order valence-electron chi connectivity index (χ2n) is 4.29. The minimum atomic E-state index is -4.91. The Balaban J connectivity index is 0.00000128. The van der Waals surface area contributed by atoms with Gasteiger partial charge in [0.25, 0.3) is 0 Å². The van der Waals surface area contributed by atoms with Gasteiger partial charge in [-0.05, 0) is 25.0 Å². The molecule has 1 heterocycles. The van der Waals surface area contributed by atoms with Crippen LogP contribution in [-0.4, -0.2) is 6.98 Å². The fourth-order valence-electron chi connectivity index (χ4n) is 1.86. The van der Waals surface area contributed by atoms with Crippen LogP contribution in [0.2, 0.25) is 0 Å². The van der Waals surface area contributed by atoms with Crippen LogP contribution in [0.25, 0.3) is 0 Å². The summed E-state index contributed by atoms with van der Waals surface area (Å²) in [5.74, 6) is 0. The van der Waals surface area contributed by atoms with E-state index in [4.69, 9.17) is 4.74 Å². The largest absolute Gasteiger partial charge is 1.00 e. The molecule has 1 aliphatic heterocycles. The number of benzene rings is 1. The molecule has 1 aliphatic rings. The third kappa shape index (κ3) is 2.73. The van der Waals surface area contributed by atoms with Gasteiger partial charge in [-0.2, -0.15) is 0 Å². The topological polar surface area (TPSA) is 9.23 Å². The number of hydrogen-bond donors (Lipinski definition) is 0. The van der Waals surface area contributed by atoms with Gasteiger partial charge in [0.15, 0.2) is 0 Å². The van der Waals surface area contributed by atoms with Gasteiger partial charge in [-0.3, -0.25) is 0 Å². The molecule has 0 fully saturated rings. The van der Waals surface area contributed by atoms with Crippen LogP contribution in [0.4, 0.5) is 12.9 Å². The van der Waals surface area contributed by atoms with Crippen molar-refractivity contribution in [3.05, 3.63) is 29.3 Å². The fourth-order valence-corrected chi connectivity index (χ4v) is 1.86. The van der Waals surface area contributed by atoms with E-state index in [0.29, 0.717) is 5.56 Å². The third-order valence-corrected chi connectivity index (χ3v) is 2.74. The maximum Gasteiger partial charge on any atom is 1.00 e. The van der Waals surface area contributed by atoms with Crippen LogP contribution in [0.1, 0.15) is 25.0 Å². The molecule has 0 bridgehead atoms. The second kappa shape index (κ2) is 4.74. The van der Waals surface area contributed by atoms with Crippen molar-refractivity contribution >= 4 is 12.4 Å². The van der Waals surface area contributed by atoms with E-state index in [2.05, 4.69) is 0 Å². The summed E-state index contributed by atoms with van der Waals surface area (Å²) in [5, 5.41) is 0. The first-order valence-electron chi connectivity index (χ1n) is 4.78. The molecule has 0 aromatic heterocycles. The van der Waals surface area contributed by atoms with Gasteiger partial charge in [0, 0.05) is 0 Å². The van der Waals surface area contributed by atoms with Gasteiger partial charge in [-0.25, -0.2) is 0 Å². The zero-order chi connectivity index (χ0) is 11.3. The van der Waals surface area contributed by atoms with Crippen molar-refractivity contribution in [3.8, 4) is 0 Å². The number of halogens is 3. The molecule has 82 valence electrons. The summed E-state index contributed by atoms with van der Waals surface area (Å²) in [6.07, 6.45) is 0. The van der Waals surface area contributed by atoms with Crippen molar-refractivity contribution in [2.45, 2.75) is 26.1 Å². The number of fused-ring (bicyclic) bond motifs is 1. The smallest absolute Gasteiger partial charge is 0.445 e. The average molecular weight is 254 g/mol. The molecule has 1 nitrogen and oxygen atoms in total. The molecular formula is C10H11BF3KO. The molecule has 0 atom stereocenters. The number of hydrogen-bond acceptors (Lipinski definition) is 1. The molecular weight excluding hydrogens is 243 g/mol.